The highest BCUT2D eigenvalue weighted by Gasteiger charge is 2.28. The van der Waals surface area contributed by atoms with Crippen LogP contribution in [0.1, 0.15) is 59.3 Å². The molecule has 0 amide bonds. The Kier molecular flexibility index (Phi) is 6.21. The van der Waals surface area contributed by atoms with E-state index < -0.39 is 11.4 Å². The molecule has 3 nitrogen and oxygen atoms in total. The molecule has 0 aromatic carbocycles. The van der Waals surface area contributed by atoms with E-state index in [9.17, 15) is 9.59 Å². The molecule has 0 aromatic heterocycles. The van der Waals surface area contributed by atoms with Gasteiger partial charge in [-0.05, 0) is 6.42 Å². The third-order valence-electron chi connectivity index (χ3n) is 2.72. The number of ketones is 1. The van der Waals surface area contributed by atoms with Crippen LogP contribution in [-0.4, -0.2) is 16.9 Å². The first-order valence-electron chi connectivity index (χ1n) is 5.65. The third-order valence-corrected chi connectivity index (χ3v) is 2.72. The van der Waals surface area contributed by atoms with Crippen LogP contribution < -0.4 is 0 Å². The molecule has 0 aliphatic heterocycles. The second-order valence-corrected chi connectivity index (χ2v) is 4.69. The van der Waals surface area contributed by atoms with Gasteiger partial charge in [0.15, 0.2) is 0 Å². The third kappa shape index (κ3) is 6.26. The molecule has 0 radical (unpaired) electrons. The normalized spacial score (nSPS) is 11.4. The van der Waals surface area contributed by atoms with Crippen LogP contribution in [0.25, 0.3) is 0 Å². The average molecular weight is 214 g/mol. The number of carbonyl (C=O) groups is 2. The predicted molar refractivity (Wildman–Crippen MR) is 59.8 cm³/mol. The van der Waals surface area contributed by atoms with Crippen molar-refractivity contribution in [1.82, 2.24) is 0 Å². The molecule has 0 aliphatic rings. The van der Waals surface area contributed by atoms with Gasteiger partial charge in [-0.3, -0.25) is 9.59 Å². The van der Waals surface area contributed by atoms with Crippen LogP contribution in [0, 0.1) is 5.41 Å². The Hall–Kier alpha value is -0.860. The highest BCUT2D eigenvalue weighted by Crippen LogP contribution is 2.26. The van der Waals surface area contributed by atoms with Gasteiger partial charge in [-0.1, -0.05) is 46.5 Å². The van der Waals surface area contributed by atoms with Gasteiger partial charge in [0.25, 0.3) is 0 Å². The molecule has 15 heavy (non-hydrogen) atoms. The maximum Gasteiger partial charge on any atom is 0.310 e. The van der Waals surface area contributed by atoms with Crippen LogP contribution in [0.2, 0.25) is 0 Å². The van der Waals surface area contributed by atoms with E-state index in [4.69, 9.17) is 5.11 Å². The summed E-state index contributed by atoms with van der Waals surface area (Å²) in [7, 11) is 0. The number of unbranched alkanes of at least 4 members (excludes halogenated alkanes) is 3. The first-order chi connectivity index (χ1) is 6.90. The summed E-state index contributed by atoms with van der Waals surface area (Å²) in [6.45, 7) is 5.81. The zero-order valence-corrected chi connectivity index (χ0v) is 10.0. The Bertz CT molecular complexity index is 219. The lowest BCUT2D eigenvalue weighted by molar-refractivity contribution is -0.142. The minimum absolute atomic E-state index is 0.161. The van der Waals surface area contributed by atoms with Crippen molar-refractivity contribution < 1.29 is 14.7 Å². The molecule has 1 N–H and O–H groups in total. The molecule has 0 saturated heterocycles. The zero-order valence-electron chi connectivity index (χ0n) is 10.0. The van der Waals surface area contributed by atoms with Gasteiger partial charge in [-0.2, -0.15) is 0 Å². The van der Waals surface area contributed by atoms with Crippen LogP contribution in [0.15, 0.2) is 0 Å². The Morgan fingerprint density at radius 3 is 2.20 bits per heavy atom. The van der Waals surface area contributed by atoms with E-state index in [1.54, 1.807) is 0 Å². The number of carboxylic acids is 1. The first-order valence-corrected chi connectivity index (χ1v) is 5.65. The van der Waals surface area contributed by atoms with E-state index in [1.807, 2.05) is 13.8 Å². The maximum absolute atomic E-state index is 11.6. The van der Waals surface area contributed by atoms with E-state index in [-0.39, 0.29) is 12.2 Å². The van der Waals surface area contributed by atoms with E-state index in [0.29, 0.717) is 0 Å². The summed E-state index contributed by atoms with van der Waals surface area (Å²) in [5, 5.41) is 8.54. The Labute approximate surface area is 91.9 Å². The predicted octanol–water partition coefficient (Wildman–Crippen LogP) is 3.03. The number of hydrogen-bond acceptors (Lipinski definition) is 2. The topological polar surface area (TPSA) is 54.4 Å². The lowest BCUT2D eigenvalue weighted by Crippen LogP contribution is -2.26. The minimum atomic E-state index is -1.03. The molecular weight excluding hydrogens is 192 g/mol. The van der Waals surface area contributed by atoms with Gasteiger partial charge in [0, 0.05) is 5.41 Å². The quantitative estimate of drug-likeness (QED) is 0.499. The molecule has 0 saturated carbocycles. The molecule has 0 bridgehead atoms. The lowest BCUT2D eigenvalue weighted by atomic mass is 9.81. The highest BCUT2D eigenvalue weighted by molar-refractivity contribution is 5.97. The second-order valence-electron chi connectivity index (χ2n) is 4.69. The Morgan fingerprint density at radius 2 is 1.73 bits per heavy atom. The molecule has 0 heterocycles. The molecular formula is C12H22O3. The highest BCUT2D eigenvalue weighted by atomic mass is 16.4. The summed E-state index contributed by atoms with van der Waals surface area (Å²) >= 11 is 0. The van der Waals surface area contributed by atoms with Crippen LogP contribution >= 0.6 is 0 Å². The van der Waals surface area contributed by atoms with Crippen molar-refractivity contribution in [2.75, 3.05) is 0 Å². The molecule has 0 aliphatic carbocycles. The number of hydrogen-bond donors (Lipinski definition) is 1. The molecule has 0 rings (SSSR count). The van der Waals surface area contributed by atoms with Gasteiger partial charge in [0.1, 0.15) is 12.2 Å². The summed E-state index contributed by atoms with van der Waals surface area (Å²) in [5.41, 5.74) is -0.480. The monoisotopic (exact) mass is 214 g/mol. The first kappa shape index (κ1) is 14.1. The largest absolute Gasteiger partial charge is 0.481 e. The number of carboxylic acid groups (broad SMARTS) is 1. The van der Waals surface area contributed by atoms with Crippen molar-refractivity contribution in [2.24, 2.45) is 5.41 Å². The van der Waals surface area contributed by atoms with Crippen molar-refractivity contribution >= 4 is 11.8 Å². The molecule has 88 valence electrons. The Balaban J connectivity index is 3.94. The fourth-order valence-corrected chi connectivity index (χ4v) is 1.51. The number of carbonyl (C=O) groups excluding carboxylic acids is 1. The van der Waals surface area contributed by atoms with Crippen molar-refractivity contribution in [3.05, 3.63) is 0 Å². The maximum atomic E-state index is 11.6. The number of aliphatic carboxylic acids is 1. The van der Waals surface area contributed by atoms with Gasteiger partial charge in [-0.25, -0.2) is 0 Å². The standard InChI is InChI=1S/C12H22O3/c1-4-5-6-7-8-12(2,3)10(13)9-11(14)15/h4-9H2,1-3H3,(H,14,15). The van der Waals surface area contributed by atoms with Crippen LogP contribution in [0.5, 0.6) is 0 Å². The summed E-state index contributed by atoms with van der Waals surface area (Å²) in [6, 6.07) is 0. The van der Waals surface area contributed by atoms with Crippen LogP contribution in [0.3, 0.4) is 0 Å². The van der Waals surface area contributed by atoms with Gasteiger partial charge in [-0.15, -0.1) is 0 Å². The van der Waals surface area contributed by atoms with Crippen molar-refractivity contribution in [1.29, 1.82) is 0 Å². The average Bonchev–Trinajstić information content (AvgIpc) is 2.11. The van der Waals surface area contributed by atoms with Gasteiger partial charge < -0.3 is 5.11 Å². The number of rotatable bonds is 8. The Morgan fingerprint density at radius 1 is 1.13 bits per heavy atom. The molecule has 0 fully saturated rings. The fourth-order valence-electron chi connectivity index (χ4n) is 1.51. The van der Waals surface area contributed by atoms with Gasteiger partial charge in [0.2, 0.25) is 0 Å². The van der Waals surface area contributed by atoms with Gasteiger partial charge >= 0.3 is 5.97 Å². The molecule has 0 spiro atoms. The van der Waals surface area contributed by atoms with E-state index in [2.05, 4.69) is 6.92 Å². The van der Waals surface area contributed by atoms with Crippen molar-refractivity contribution in [3.63, 3.8) is 0 Å². The molecule has 0 atom stereocenters. The smallest absolute Gasteiger partial charge is 0.310 e. The molecule has 0 unspecified atom stereocenters. The molecule has 0 aromatic rings. The van der Waals surface area contributed by atoms with Crippen molar-refractivity contribution in [2.45, 2.75) is 59.3 Å². The fraction of sp³-hybridized carbons (Fsp3) is 0.833. The summed E-state index contributed by atoms with van der Waals surface area (Å²) in [6.07, 6.45) is 4.93. The van der Waals surface area contributed by atoms with Crippen LogP contribution in [0.4, 0.5) is 0 Å². The SMILES string of the molecule is CCCCCCC(C)(C)C(=O)CC(=O)O. The molecule has 3 heteroatoms. The van der Waals surface area contributed by atoms with Gasteiger partial charge in [0.05, 0.1) is 0 Å². The zero-order chi connectivity index (χ0) is 11.9. The minimum Gasteiger partial charge on any atom is -0.481 e. The number of Topliss-reactive ketones (excluding diaryl/α,β-unsaturated/α-hetero) is 1. The summed E-state index contributed by atoms with van der Waals surface area (Å²) in [4.78, 5) is 22.0. The van der Waals surface area contributed by atoms with Crippen LogP contribution in [-0.2, 0) is 9.59 Å². The van der Waals surface area contributed by atoms with E-state index >= 15 is 0 Å². The second kappa shape index (κ2) is 6.59. The van der Waals surface area contributed by atoms with E-state index in [1.165, 1.54) is 12.8 Å². The summed E-state index contributed by atoms with van der Waals surface area (Å²) in [5.74, 6) is -1.19. The lowest BCUT2D eigenvalue weighted by Gasteiger charge is -2.22. The van der Waals surface area contributed by atoms with Crippen molar-refractivity contribution in [3.8, 4) is 0 Å². The summed E-state index contributed by atoms with van der Waals surface area (Å²) < 4.78 is 0. The van der Waals surface area contributed by atoms with E-state index in [0.717, 1.165) is 19.3 Å².